The average molecular weight is 266 g/mol. The van der Waals surface area contributed by atoms with Gasteiger partial charge in [-0.1, -0.05) is 0 Å². The molecule has 0 aliphatic heterocycles. The van der Waals surface area contributed by atoms with Crippen molar-refractivity contribution in [2.45, 2.75) is 19.0 Å². The second kappa shape index (κ2) is 5.65. The molecule has 0 saturated carbocycles. The van der Waals surface area contributed by atoms with E-state index in [-0.39, 0.29) is 18.8 Å². The standard InChI is InChI=1S/C10H10F4N2O2/c11-7-6(9(17)18)2-5-16-8(7)15-4-1-3-10(12,13)14/h2,5H,1,3-4H2,(H,15,16)(H,17,18). The quantitative estimate of drug-likeness (QED) is 0.635. The molecule has 0 bridgehead atoms. The molecule has 18 heavy (non-hydrogen) atoms. The predicted octanol–water partition coefficient (Wildman–Crippen LogP) is 2.67. The molecule has 4 nitrogen and oxygen atoms in total. The van der Waals surface area contributed by atoms with Crippen LogP contribution in [0.15, 0.2) is 12.3 Å². The molecule has 0 fully saturated rings. The Balaban J connectivity index is 2.58. The topological polar surface area (TPSA) is 62.2 Å². The summed E-state index contributed by atoms with van der Waals surface area (Å²) in [4.78, 5) is 14.1. The lowest BCUT2D eigenvalue weighted by Crippen LogP contribution is -2.13. The van der Waals surface area contributed by atoms with E-state index < -0.39 is 29.9 Å². The summed E-state index contributed by atoms with van der Waals surface area (Å²) in [6.07, 6.45) is -4.45. The molecule has 1 heterocycles. The number of nitrogens with zero attached hydrogens (tertiary/aromatic N) is 1. The molecule has 0 radical (unpaired) electrons. The number of anilines is 1. The Kier molecular flexibility index (Phi) is 4.46. The minimum Gasteiger partial charge on any atom is -0.478 e. The molecule has 0 saturated heterocycles. The van der Waals surface area contributed by atoms with Crippen LogP contribution in [0.1, 0.15) is 23.2 Å². The number of halogens is 4. The Morgan fingerprint density at radius 2 is 2.11 bits per heavy atom. The second-order valence-electron chi connectivity index (χ2n) is 3.47. The predicted molar refractivity (Wildman–Crippen MR) is 54.9 cm³/mol. The third kappa shape index (κ3) is 4.19. The van der Waals surface area contributed by atoms with Gasteiger partial charge in [-0.05, 0) is 12.5 Å². The van der Waals surface area contributed by atoms with Crippen LogP contribution >= 0.6 is 0 Å². The van der Waals surface area contributed by atoms with E-state index in [0.717, 1.165) is 12.3 Å². The summed E-state index contributed by atoms with van der Waals surface area (Å²) in [6, 6.07) is 0.971. The lowest BCUT2D eigenvalue weighted by molar-refractivity contribution is -0.134. The van der Waals surface area contributed by atoms with E-state index in [0.29, 0.717) is 0 Å². The summed E-state index contributed by atoms with van der Waals surface area (Å²) in [5.74, 6) is -2.91. The Labute approximate surface area is 99.6 Å². The van der Waals surface area contributed by atoms with Crippen molar-refractivity contribution in [2.24, 2.45) is 0 Å². The highest BCUT2D eigenvalue weighted by atomic mass is 19.4. The van der Waals surface area contributed by atoms with Gasteiger partial charge in [0.25, 0.3) is 0 Å². The summed E-state index contributed by atoms with van der Waals surface area (Å²) in [6.45, 7) is -0.146. The fourth-order valence-corrected chi connectivity index (χ4v) is 1.23. The maximum absolute atomic E-state index is 13.5. The number of pyridine rings is 1. The molecule has 0 unspecified atom stereocenters. The number of hydrogen-bond donors (Lipinski definition) is 2. The van der Waals surface area contributed by atoms with Crippen molar-refractivity contribution in [1.82, 2.24) is 4.98 Å². The summed E-state index contributed by atoms with van der Waals surface area (Å²) in [5.41, 5.74) is -0.580. The SMILES string of the molecule is O=C(O)c1ccnc(NCCCC(F)(F)F)c1F. The fourth-order valence-electron chi connectivity index (χ4n) is 1.23. The van der Waals surface area contributed by atoms with Crippen molar-refractivity contribution in [3.8, 4) is 0 Å². The molecular weight excluding hydrogens is 256 g/mol. The zero-order chi connectivity index (χ0) is 13.8. The van der Waals surface area contributed by atoms with Gasteiger partial charge in [0.2, 0.25) is 0 Å². The molecule has 1 rings (SSSR count). The first-order chi connectivity index (χ1) is 8.31. The van der Waals surface area contributed by atoms with Crippen molar-refractivity contribution in [3.05, 3.63) is 23.6 Å². The summed E-state index contributed by atoms with van der Waals surface area (Å²) < 4.78 is 49.0. The normalized spacial score (nSPS) is 11.3. The summed E-state index contributed by atoms with van der Waals surface area (Å²) in [5, 5.41) is 11.0. The molecule has 100 valence electrons. The Morgan fingerprint density at radius 1 is 1.44 bits per heavy atom. The smallest absolute Gasteiger partial charge is 0.389 e. The number of aromatic carboxylic acids is 1. The minimum atomic E-state index is -4.27. The molecule has 0 aromatic carbocycles. The molecule has 1 aromatic rings. The van der Waals surface area contributed by atoms with Gasteiger partial charge in [-0.3, -0.25) is 0 Å². The number of hydrogen-bond acceptors (Lipinski definition) is 3. The third-order valence-corrected chi connectivity index (χ3v) is 2.05. The lowest BCUT2D eigenvalue weighted by Gasteiger charge is -2.09. The highest BCUT2D eigenvalue weighted by molar-refractivity contribution is 5.88. The lowest BCUT2D eigenvalue weighted by atomic mass is 10.2. The van der Waals surface area contributed by atoms with Crippen LogP contribution in [-0.2, 0) is 0 Å². The number of rotatable bonds is 5. The molecule has 0 aliphatic carbocycles. The zero-order valence-electron chi connectivity index (χ0n) is 9.09. The van der Waals surface area contributed by atoms with E-state index in [2.05, 4.69) is 10.3 Å². The van der Waals surface area contributed by atoms with Gasteiger partial charge in [0.05, 0.1) is 0 Å². The number of aromatic nitrogens is 1. The van der Waals surface area contributed by atoms with Gasteiger partial charge in [0.1, 0.15) is 5.56 Å². The van der Waals surface area contributed by atoms with Crippen LogP contribution in [0.25, 0.3) is 0 Å². The van der Waals surface area contributed by atoms with Crippen molar-refractivity contribution in [2.75, 3.05) is 11.9 Å². The van der Waals surface area contributed by atoms with E-state index in [1.807, 2.05) is 0 Å². The van der Waals surface area contributed by atoms with Crippen LogP contribution in [0.5, 0.6) is 0 Å². The molecule has 2 N–H and O–H groups in total. The minimum absolute atomic E-state index is 0.146. The van der Waals surface area contributed by atoms with Crippen LogP contribution < -0.4 is 5.32 Å². The molecule has 0 aliphatic rings. The van der Waals surface area contributed by atoms with Crippen LogP contribution in [0.3, 0.4) is 0 Å². The van der Waals surface area contributed by atoms with E-state index in [1.165, 1.54) is 0 Å². The van der Waals surface area contributed by atoms with Gasteiger partial charge in [-0.15, -0.1) is 0 Å². The first kappa shape index (κ1) is 14.2. The number of carbonyl (C=O) groups is 1. The van der Waals surface area contributed by atoms with Crippen molar-refractivity contribution in [1.29, 1.82) is 0 Å². The molecule has 0 spiro atoms. The van der Waals surface area contributed by atoms with Gasteiger partial charge in [-0.2, -0.15) is 13.2 Å². The number of carboxylic acids is 1. The van der Waals surface area contributed by atoms with Gasteiger partial charge in [0.15, 0.2) is 11.6 Å². The molecule has 0 amide bonds. The van der Waals surface area contributed by atoms with Crippen molar-refractivity contribution >= 4 is 11.8 Å². The van der Waals surface area contributed by atoms with E-state index in [4.69, 9.17) is 5.11 Å². The van der Waals surface area contributed by atoms with Crippen LogP contribution in [0.4, 0.5) is 23.4 Å². The highest BCUT2D eigenvalue weighted by Gasteiger charge is 2.26. The largest absolute Gasteiger partial charge is 0.478 e. The average Bonchev–Trinajstić information content (AvgIpc) is 2.24. The van der Waals surface area contributed by atoms with E-state index in [9.17, 15) is 22.4 Å². The summed E-state index contributed by atoms with van der Waals surface area (Å²) >= 11 is 0. The Hall–Kier alpha value is -1.86. The molecular formula is C10H10F4N2O2. The molecule has 1 aromatic heterocycles. The number of carboxylic acid groups (broad SMARTS) is 1. The van der Waals surface area contributed by atoms with Crippen molar-refractivity contribution < 1.29 is 27.5 Å². The zero-order valence-corrected chi connectivity index (χ0v) is 9.09. The third-order valence-electron chi connectivity index (χ3n) is 2.05. The van der Waals surface area contributed by atoms with Crippen LogP contribution in [-0.4, -0.2) is 28.8 Å². The monoisotopic (exact) mass is 266 g/mol. The van der Waals surface area contributed by atoms with E-state index >= 15 is 0 Å². The Morgan fingerprint density at radius 3 is 2.67 bits per heavy atom. The fraction of sp³-hybridized carbons (Fsp3) is 0.400. The highest BCUT2D eigenvalue weighted by Crippen LogP contribution is 2.21. The van der Waals surface area contributed by atoms with Crippen molar-refractivity contribution in [3.63, 3.8) is 0 Å². The van der Waals surface area contributed by atoms with Crippen LogP contribution in [0, 0.1) is 5.82 Å². The van der Waals surface area contributed by atoms with Gasteiger partial charge < -0.3 is 10.4 Å². The summed E-state index contributed by atoms with van der Waals surface area (Å²) in [7, 11) is 0. The van der Waals surface area contributed by atoms with E-state index in [1.54, 1.807) is 0 Å². The molecule has 0 atom stereocenters. The number of alkyl halides is 3. The maximum atomic E-state index is 13.5. The van der Waals surface area contributed by atoms with Gasteiger partial charge in [-0.25, -0.2) is 14.2 Å². The maximum Gasteiger partial charge on any atom is 0.389 e. The first-order valence-corrected chi connectivity index (χ1v) is 4.99. The van der Waals surface area contributed by atoms with Gasteiger partial charge >= 0.3 is 12.1 Å². The van der Waals surface area contributed by atoms with Crippen LogP contribution in [0.2, 0.25) is 0 Å². The second-order valence-corrected chi connectivity index (χ2v) is 3.47. The molecule has 8 heteroatoms. The van der Waals surface area contributed by atoms with Gasteiger partial charge in [0, 0.05) is 19.2 Å². The Bertz CT molecular complexity index is 434. The first-order valence-electron chi connectivity index (χ1n) is 4.99. The number of nitrogens with one attached hydrogen (secondary N) is 1.